The third-order valence-electron chi connectivity index (χ3n) is 5.99. The Morgan fingerprint density at radius 2 is 1.89 bits per heavy atom. The van der Waals surface area contributed by atoms with E-state index in [2.05, 4.69) is 31.0 Å². The average molecular weight is 538 g/mol. The number of H-pyrrole nitrogens is 1. The number of rotatable bonds is 8. The lowest BCUT2D eigenvalue weighted by Gasteiger charge is -2.36. The number of hydrogen-bond acceptors (Lipinski definition) is 4. The molecule has 3 aromatic carbocycles. The normalized spacial score (nSPS) is 13.1. The molecule has 0 aliphatic heterocycles. The standard InChI is InChI=1S/C26H22BrF2N5O/c27-22-7-4-8-24-25(22)18(12-31-24)13-33(20-5-2-1-3-6-20)14-26(35,15-34-17-30-16-32-34)21-10-9-19(28)11-23(21)29/h1-12,16-17,31,35H,13-15H2. The van der Waals surface area contributed by atoms with Gasteiger partial charge in [0.1, 0.15) is 29.9 Å². The fourth-order valence-corrected chi connectivity index (χ4v) is 5.02. The van der Waals surface area contributed by atoms with Crippen LogP contribution < -0.4 is 4.90 Å². The Morgan fingerprint density at radius 1 is 1.06 bits per heavy atom. The summed E-state index contributed by atoms with van der Waals surface area (Å²) in [6, 6.07) is 18.7. The fraction of sp³-hybridized carbons (Fsp3) is 0.154. The Labute approximate surface area is 209 Å². The van der Waals surface area contributed by atoms with Gasteiger partial charge in [0, 0.05) is 45.4 Å². The van der Waals surface area contributed by atoms with Crippen LogP contribution >= 0.6 is 15.9 Å². The van der Waals surface area contributed by atoms with Gasteiger partial charge in [-0.2, -0.15) is 5.10 Å². The van der Waals surface area contributed by atoms with Gasteiger partial charge >= 0.3 is 0 Å². The van der Waals surface area contributed by atoms with Crippen molar-refractivity contribution >= 4 is 32.5 Å². The smallest absolute Gasteiger partial charge is 0.137 e. The second-order valence-electron chi connectivity index (χ2n) is 8.42. The molecule has 1 unspecified atom stereocenters. The predicted octanol–water partition coefficient (Wildman–Crippen LogP) is 5.39. The van der Waals surface area contributed by atoms with Gasteiger partial charge in [0.2, 0.25) is 0 Å². The van der Waals surface area contributed by atoms with E-state index in [0.29, 0.717) is 6.54 Å². The molecule has 6 nitrogen and oxygen atoms in total. The average Bonchev–Trinajstić information content (AvgIpc) is 3.50. The van der Waals surface area contributed by atoms with Gasteiger partial charge in [0.25, 0.3) is 0 Å². The number of aromatic nitrogens is 4. The molecule has 0 spiro atoms. The van der Waals surface area contributed by atoms with Gasteiger partial charge in [-0.15, -0.1) is 0 Å². The molecule has 2 N–H and O–H groups in total. The number of nitrogens with zero attached hydrogens (tertiary/aromatic N) is 4. The van der Waals surface area contributed by atoms with Gasteiger partial charge in [-0.3, -0.25) is 0 Å². The Hall–Kier alpha value is -3.56. The maximum Gasteiger partial charge on any atom is 0.137 e. The van der Waals surface area contributed by atoms with Gasteiger partial charge in [-0.25, -0.2) is 18.4 Å². The van der Waals surface area contributed by atoms with E-state index < -0.39 is 17.2 Å². The topological polar surface area (TPSA) is 70.0 Å². The van der Waals surface area contributed by atoms with E-state index in [0.717, 1.165) is 38.8 Å². The summed E-state index contributed by atoms with van der Waals surface area (Å²) in [6.45, 7) is 0.363. The molecule has 178 valence electrons. The minimum Gasteiger partial charge on any atom is -0.381 e. The van der Waals surface area contributed by atoms with E-state index in [9.17, 15) is 13.9 Å². The number of para-hydroxylation sites is 1. The number of halogens is 3. The number of fused-ring (bicyclic) bond motifs is 1. The quantitative estimate of drug-likeness (QED) is 0.278. The maximum atomic E-state index is 15.0. The van der Waals surface area contributed by atoms with Crippen molar-refractivity contribution in [2.75, 3.05) is 11.4 Å². The highest BCUT2D eigenvalue weighted by atomic mass is 79.9. The molecule has 0 aliphatic rings. The third kappa shape index (κ3) is 4.82. The first-order chi connectivity index (χ1) is 16.9. The van der Waals surface area contributed by atoms with Gasteiger partial charge in [0.15, 0.2) is 0 Å². The maximum absolute atomic E-state index is 15.0. The minimum absolute atomic E-state index is 0.0105. The molecule has 0 fully saturated rings. The molecule has 2 aromatic heterocycles. The number of hydrogen-bond donors (Lipinski definition) is 2. The molecule has 35 heavy (non-hydrogen) atoms. The van der Waals surface area contributed by atoms with Crippen LogP contribution in [0.15, 0.2) is 90.1 Å². The number of aromatic amines is 1. The van der Waals surface area contributed by atoms with E-state index in [1.807, 2.05) is 59.6 Å². The van der Waals surface area contributed by atoms with Gasteiger partial charge in [-0.05, 0) is 35.9 Å². The van der Waals surface area contributed by atoms with E-state index in [1.54, 1.807) is 0 Å². The van der Waals surface area contributed by atoms with Crippen molar-refractivity contribution in [1.29, 1.82) is 0 Å². The van der Waals surface area contributed by atoms with Crippen LogP contribution in [0.25, 0.3) is 10.9 Å². The van der Waals surface area contributed by atoms with Crippen molar-refractivity contribution in [2.24, 2.45) is 0 Å². The molecule has 0 radical (unpaired) electrons. The second kappa shape index (κ2) is 9.59. The van der Waals surface area contributed by atoms with E-state index >= 15 is 0 Å². The first-order valence-corrected chi connectivity index (χ1v) is 11.8. The molecule has 0 saturated carbocycles. The molecule has 9 heteroatoms. The van der Waals surface area contributed by atoms with Crippen LogP contribution in [0.5, 0.6) is 0 Å². The fourth-order valence-electron chi connectivity index (χ4n) is 4.40. The predicted molar refractivity (Wildman–Crippen MR) is 134 cm³/mol. The van der Waals surface area contributed by atoms with Crippen LogP contribution in [-0.2, 0) is 18.7 Å². The molecular weight excluding hydrogens is 516 g/mol. The Kier molecular flexibility index (Phi) is 6.36. The summed E-state index contributed by atoms with van der Waals surface area (Å²) in [6.07, 6.45) is 4.73. The summed E-state index contributed by atoms with van der Waals surface area (Å²) in [5, 5.41) is 17.1. The van der Waals surface area contributed by atoms with E-state index in [1.165, 1.54) is 23.4 Å². The number of nitrogens with one attached hydrogen (secondary N) is 1. The molecule has 5 aromatic rings. The molecule has 0 amide bonds. The van der Waals surface area contributed by atoms with Crippen LogP contribution in [0.4, 0.5) is 14.5 Å². The summed E-state index contributed by atoms with van der Waals surface area (Å²) in [4.78, 5) is 9.21. The zero-order chi connectivity index (χ0) is 24.4. The lowest BCUT2D eigenvalue weighted by atomic mass is 9.91. The van der Waals surface area contributed by atoms with Crippen molar-refractivity contribution in [3.8, 4) is 0 Å². The SMILES string of the molecule is OC(CN(Cc1c[nH]c2cccc(Br)c12)c1ccccc1)(Cn1cncn1)c1ccc(F)cc1F. The summed E-state index contributed by atoms with van der Waals surface area (Å²) in [5.41, 5.74) is 1.05. The van der Waals surface area contributed by atoms with Crippen LogP contribution in [0.1, 0.15) is 11.1 Å². The molecule has 0 aliphatic carbocycles. The number of aliphatic hydroxyl groups is 1. The van der Waals surface area contributed by atoms with Crippen molar-refractivity contribution in [3.05, 3.63) is 113 Å². The Morgan fingerprint density at radius 3 is 2.63 bits per heavy atom. The van der Waals surface area contributed by atoms with E-state index in [-0.39, 0.29) is 18.7 Å². The van der Waals surface area contributed by atoms with E-state index in [4.69, 9.17) is 0 Å². The molecular formula is C26H22BrF2N5O. The van der Waals surface area contributed by atoms with Crippen molar-refractivity contribution in [1.82, 2.24) is 19.7 Å². The molecule has 1 atom stereocenters. The monoisotopic (exact) mass is 537 g/mol. The zero-order valence-corrected chi connectivity index (χ0v) is 20.2. The van der Waals surface area contributed by atoms with Crippen LogP contribution in [0, 0.1) is 11.6 Å². The van der Waals surface area contributed by atoms with Crippen molar-refractivity contribution in [2.45, 2.75) is 18.7 Å². The number of benzene rings is 3. The lowest BCUT2D eigenvalue weighted by molar-refractivity contribution is 0.0182. The zero-order valence-electron chi connectivity index (χ0n) is 18.6. The summed E-state index contributed by atoms with van der Waals surface area (Å²) < 4.78 is 31.1. The van der Waals surface area contributed by atoms with Gasteiger partial charge in [-0.1, -0.05) is 46.3 Å². The highest BCUT2D eigenvalue weighted by molar-refractivity contribution is 9.10. The first kappa shape index (κ1) is 23.2. The molecule has 5 rings (SSSR count). The first-order valence-electron chi connectivity index (χ1n) is 11.0. The largest absolute Gasteiger partial charge is 0.381 e. The van der Waals surface area contributed by atoms with Crippen LogP contribution in [0.3, 0.4) is 0 Å². The van der Waals surface area contributed by atoms with Crippen LogP contribution in [0.2, 0.25) is 0 Å². The van der Waals surface area contributed by atoms with Crippen molar-refractivity contribution in [3.63, 3.8) is 0 Å². The summed E-state index contributed by atoms with van der Waals surface area (Å²) >= 11 is 3.64. The third-order valence-corrected chi connectivity index (χ3v) is 6.66. The second-order valence-corrected chi connectivity index (χ2v) is 9.27. The highest BCUT2D eigenvalue weighted by Crippen LogP contribution is 2.33. The number of anilines is 1. The van der Waals surface area contributed by atoms with Gasteiger partial charge in [0.05, 0.1) is 13.1 Å². The summed E-state index contributed by atoms with van der Waals surface area (Å²) in [7, 11) is 0. The van der Waals surface area contributed by atoms with Crippen LogP contribution in [-0.4, -0.2) is 31.4 Å². The Bertz CT molecular complexity index is 1440. The van der Waals surface area contributed by atoms with Crippen molar-refractivity contribution < 1.29 is 13.9 Å². The lowest BCUT2D eigenvalue weighted by Crippen LogP contribution is -2.44. The van der Waals surface area contributed by atoms with Gasteiger partial charge < -0.3 is 15.0 Å². The molecule has 2 heterocycles. The summed E-state index contributed by atoms with van der Waals surface area (Å²) in [5.74, 6) is -1.53. The minimum atomic E-state index is -1.75. The Balaban J connectivity index is 1.58. The molecule has 0 bridgehead atoms. The molecule has 0 saturated heterocycles. The highest BCUT2D eigenvalue weighted by Gasteiger charge is 2.36.